The third kappa shape index (κ3) is 2.29. The zero-order valence-corrected chi connectivity index (χ0v) is 14.1. The molecule has 0 unspecified atom stereocenters. The van der Waals surface area contributed by atoms with Gasteiger partial charge < -0.3 is 0 Å². The van der Waals surface area contributed by atoms with E-state index >= 15 is 0 Å². The Morgan fingerprint density at radius 3 is 2.70 bits per heavy atom. The van der Waals surface area contributed by atoms with Crippen molar-refractivity contribution in [3.63, 3.8) is 0 Å². The molecule has 0 saturated carbocycles. The molecule has 0 fully saturated rings. The molecule has 0 radical (unpaired) electrons. The molecule has 2 aromatic rings. The summed E-state index contributed by atoms with van der Waals surface area (Å²) in [7, 11) is -3.48. The van der Waals surface area contributed by atoms with Gasteiger partial charge >= 0.3 is 0 Å². The van der Waals surface area contributed by atoms with Crippen molar-refractivity contribution in [1.82, 2.24) is 0 Å². The van der Waals surface area contributed by atoms with E-state index in [9.17, 15) is 8.42 Å². The lowest BCUT2D eigenvalue weighted by molar-refractivity contribution is 0.565. The molecule has 0 saturated heterocycles. The molecular formula is C14H14BrNO2S2. The van der Waals surface area contributed by atoms with Crippen LogP contribution in [0.1, 0.15) is 18.9 Å². The summed E-state index contributed by atoms with van der Waals surface area (Å²) in [6.07, 6.45) is 1.78. The van der Waals surface area contributed by atoms with Crippen LogP contribution >= 0.6 is 27.3 Å². The first kappa shape index (κ1) is 14.1. The SMILES string of the molecule is C[C@@H]1CCc2ccccc2N1S(=O)(=O)c1ccc(Br)s1. The fourth-order valence-corrected chi connectivity index (χ4v) is 6.38. The Bertz CT molecular complexity index is 739. The predicted octanol–water partition coefficient (Wildman–Crippen LogP) is 4.04. The van der Waals surface area contributed by atoms with Gasteiger partial charge in [-0.2, -0.15) is 0 Å². The van der Waals surface area contributed by atoms with Gasteiger partial charge in [0.15, 0.2) is 0 Å². The number of rotatable bonds is 2. The number of hydrogen-bond acceptors (Lipinski definition) is 3. The summed E-state index contributed by atoms with van der Waals surface area (Å²) in [5.74, 6) is 0. The molecule has 3 rings (SSSR count). The molecule has 1 aliphatic heterocycles. The Morgan fingerprint density at radius 2 is 2.00 bits per heavy atom. The van der Waals surface area contributed by atoms with Crippen LogP contribution in [0, 0.1) is 0 Å². The van der Waals surface area contributed by atoms with Gasteiger partial charge in [0.1, 0.15) is 4.21 Å². The second-order valence-electron chi connectivity index (χ2n) is 4.88. The van der Waals surface area contributed by atoms with Crippen LogP contribution in [0.3, 0.4) is 0 Å². The number of hydrogen-bond donors (Lipinski definition) is 0. The number of para-hydroxylation sites is 1. The second kappa shape index (κ2) is 5.16. The van der Waals surface area contributed by atoms with Crippen molar-refractivity contribution in [2.45, 2.75) is 30.0 Å². The minimum atomic E-state index is -3.48. The van der Waals surface area contributed by atoms with E-state index in [4.69, 9.17) is 0 Å². The van der Waals surface area contributed by atoms with Gasteiger partial charge in [0.2, 0.25) is 0 Å². The quantitative estimate of drug-likeness (QED) is 0.798. The Kier molecular flexibility index (Phi) is 3.64. The van der Waals surface area contributed by atoms with Gasteiger partial charge in [0.25, 0.3) is 10.0 Å². The molecule has 1 atom stereocenters. The van der Waals surface area contributed by atoms with Crippen molar-refractivity contribution in [2.75, 3.05) is 4.31 Å². The first-order valence-corrected chi connectivity index (χ1v) is 9.43. The van der Waals surface area contributed by atoms with E-state index in [1.54, 1.807) is 16.4 Å². The normalized spacial score (nSPS) is 18.9. The molecule has 0 amide bonds. The van der Waals surface area contributed by atoms with Gasteiger partial charge in [-0.25, -0.2) is 8.42 Å². The standard InChI is InChI=1S/C14H14BrNO2S2/c1-10-6-7-11-4-2-3-5-12(11)16(10)20(17,18)14-9-8-13(15)19-14/h2-5,8-10H,6-7H2,1H3/t10-/m1/s1. The Hall–Kier alpha value is -0.850. The lowest BCUT2D eigenvalue weighted by Crippen LogP contribution is -2.41. The first-order valence-electron chi connectivity index (χ1n) is 6.38. The Morgan fingerprint density at radius 1 is 1.25 bits per heavy atom. The molecule has 106 valence electrons. The first-order chi connectivity index (χ1) is 9.50. The van der Waals surface area contributed by atoms with Gasteiger partial charge in [-0.3, -0.25) is 4.31 Å². The smallest absolute Gasteiger partial charge is 0.263 e. The van der Waals surface area contributed by atoms with Crippen LogP contribution in [0.5, 0.6) is 0 Å². The summed E-state index contributed by atoms with van der Waals surface area (Å²) in [5, 5.41) is 0. The van der Waals surface area contributed by atoms with Gasteiger partial charge in [0, 0.05) is 6.04 Å². The van der Waals surface area contributed by atoms with Crippen LogP contribution in [-0.2, 0) is 16.4 Å². The molecular weight excluding hydrogens is 358 g/mol. The lowest BCUT2D eigenvalue weighted by atomic mass is 9.99. The van der Waals surface area contributed by atoms with E-state index < -0.39 is 10.0 Å². The summed E-state index contributed by atoms with van der Waals surface area (Å²) in [6, 6.07) is 11.2. The zero-order chi connectivity index (χ0) is 14.3. The maximum atomic E-state index is 12.9. The van der Waals surface area contributed by atoms with Crippen LogP contribution < -0.4 is 4.31 Å². The van der Waals surface area contributed by atoms with Gasteiger partial charge in [0.05, 0.1) is 9.47 Å². The summed E-state index contributed by atoms with van der Waals surface area (Å²) in [5.41, 5.74) is 1.92. The number of anilines is 1. The summed E-state index contributed by atoms with van der Waals surface area (Å²) < 4.78 is 28.6. The monoisotopic (exact) mass is 371 g/mol. The average molecular weight is 372 g/mol. The maximum absolute atomic E-state index is 12.9. The topological polar surface area (TPSA) is 37.4 Å². The highest BCUT2D eigenvalue weighted by Crippen LogP contribution is 2.37. The zero-order valence-electron chi connectivity index (χ0n) is 10.9. The molecule has 20 heavy (non-hydrogen) atoms. The maximum Gasteiger partial charge on any atom is 0.274 e. The molecule has 1 aromatic carbocycles. The number of benzene rings is 1. The van der Waals surface area contributed by atoms with Gasteiger partial charge in [-0.1, -0.05) is 18.2 Å². The Balaban J connectivity index is 2.13. The lowest BCUT2D eigenvalue weighted by Gasteiger charge is -2.35. The summed E-state index contributed by atoms with van der Waals surface area (Å²) in [4.78, 5) is 0. The van der Waals surface area contributed by atoms with E-state index in [2.05, 4.69) is 15.9 Å². The molecule has 2 heterocycles. The molecule has 6 heteroatoms. The minimum absolute atomic E-state index is 0.0178. The van der Waals surface area contributed by atoms with E-state index in [0.29, 0.717) is 4.21 Å². The van der Waals surface area contributed by atoms with Crippen molar-refractivity contribution in [3.05, 3.63) is 45.7 Å². The van der Waals surface area contributed by atoms with Crippen LogP contribution in [0.4, 0.5) is 5.69 Å². The average Bonchev–Trinajstić information content (AvgIpc) is 2.85. The van der Waals surface area contributed by atoms with E-state index in [-0.39, 0.29) is 6.04 Å². The fraction of sp³-hybridized carbons (Fsp3) is 0.286. The molecule has 1 aromatic heterocycles. The minimum Gasteiger partial charge on any atom is -0.263 e. The van der Waals surface area contributed by atoms with E-state index in [1.807, 2.05) is 31.2 Å². The fourth-order valence-electron chi connectivity index (χ4n) is 2.56. The largest absolute Gasteiger partial charge is 0.274 e. The highest BCUT2D eigenvalue weighted by Gasteiger charge is 2.34. The molecule has 1 aliphatic rings. The summed E-state index contributed by atoms with van der Waals surface area (Å²) >= 11 is 4.58. The van der Waals surface area contributed by atoms with Crippen molar-refractivity contribution < 1.29 is 8.42 Å². The highest BCUT2D eigenvalue weighted by atomic mass is 79.9. The third-order valence-corrected chi connectivity index (χ3v) is 7.54. The molecule has 3 nitrogen and oxygen atoms in total. The second-order valence-corrected chi connectivity index (χ2v) is 9.38. The van der Waals surface area contributed by atoms with Crippen molar-refractivity contribution >= 4 is 43.0 Å². The number of halogens is 1. The van der Waals surface area contributed by atoms with Gasteiger partial charge in [-0.05, 0) is 59.5 Å². The molecule has 0 N–H and O–H groups in total. The predicted molar refractivity (Wildman–Crippen MR) is 85.9 cm³/mol. The number of fused-ring (bicyclic) bond motifs is 1. The number of thiophene rings is 1. The van der Waals surface area contributed by atoms with Crippen molar-refractivity contribution in [1.29, 1.82) is 0 Å². The number of aryl methyl sites for hydroxylation is 1. The van der Waals surface area contributed by atoms with Crippen LogP contribution in [0.15, 0.2) is 44.4 Å². The molecule has 0 bridgehead atoms. The summed E-state index contributed by atoms with van der Waals surface area (Å²) in [6.45, 7) is 1.97. The van der Waals surface area contributed by atoms with Crippen LogP contribution in [0.25, 0.3) is 0 Å². The van der Waals surface area contributed by atoms with Gasteiger partial charge in [-0.15, -0.1) is 11.3 Å². The van der Waals surface area contributed by atoms with Crippen molar-refractivity contribution in [2.24, 2.45) is 0 Å². The third-order valence-electron chi connectivity index (χ3n) is 3.52. The van der Waals surface area contributed by atoms with Crippen molar-refractivity contribution in [3.8, 4) is 0 Å². The van der Waals surface area contributed by atoms with Crippen LogP contribution in [0.2, 0.25) is 0 Å². The number of sulfonamides is 1. The number of nitrogens with zero attached hydrogens (tertiary/aromatic N) is 1. The highest BCUT2D eigenvalue weighted by molar-refractivity contribution is 9.11. The molecule has 0 spiro atoms. The Labute approximate surface area is 131 Å². The van der Waals surface area contributed by atoms with E-state index in [0.717, 1.165) is 27.9 Å². The molecule has 0 aliphatic carbocycles. The van der Waals surface area contributed by atoms with E-state index in [1.165, 1.54) is 11.3 Å². The van der Waals surface area contributed by atoms with Crippen LogP contribution in [-0.4, -0.2) is 14.5 Å².